The summed E-state index contributed by atoms with van der Waals surface area (Å²) < 4.78 is 3.54. The van der Waals surface area contributed by atoms with Gasteiger partial charge >= 0.3 is 0 Å². The summed E-state index contributed by atoms with van der Waals surface area (Å²) in [5.74, 6) is 2.09. The SMILES string of the molecule is Brc1nc(CC2CCNC2)n2c1CCCC2. The Morgan fingerprint density at radius 1 is 1.44 bits per heavy atom. The van der Waals surface area contributed by atoms with Crippen molar-refractivity contribution in [1.29, 1.82) is 0 Å². The first kappa shape index (κ1) is 10.8. The Morgan fingerprint density at radius 3 is 3.19 bits per heavy atom. The molecule has 0 amide bonds. The predicted octanol–water partition coefficient (Wildman–Crippen LogP) is 2.13. The molecule has 1 aromatic heterocycles. The van der Waals surface area contributed by atoms with Gasteiger partial charge in [-0.3, -0.25) is 0 Å². The van der Waals surface area contributed by atoms with Crippen LogP contribution >= 0.6 is 15.9 Å². The Labute approximate surface area is 105 Å². The second kappa shape index (κ2) is 4.49. The van der Waals surface area contributed by atoms with Crippen LogP contribution in [0.4, 0.5) is 0 Å². The molecule has 2 aliphatic heterocycles. The summed E-state index contributed by atoms with van der Waals surface area (Å²) in [5.41, 5.74) is 1.42. The summed E-state index contributed by atoms with van der Waals surface area (Å²) in [7, 11) is 0. The van der Waals surface area contributed by atoms with E-state index in [0.717, 1.165) is 16.9 Å². The fourth-order valence-corrected chi connectivity index (χ4v) is 3.49. The molecule has 4 heteroatoms. The quantitative estimate of drug-likeness (QED) is 0.901. The van der Waals surface area contributed by atoms with E-state index in [1.165, 1.54) is 56.8 Å². The van der Waals surface area contributed by atoms with Crippen LogP contribution in [0.3, 0.4) is 0 Å². The predicted molar refractivity (Wildman–Crippen MR) is 67.5 cm³/mol. The van der Waals surface area contributed by atoms with Gasteiger partial charge in [-0.1, -0.05) is 0 Å². The Hall–Kier alpha value is -0.350. The van der Waals surface area contributed by atoms with Crippen molar-refractivity contribution in [2.75, 3.05) is 13.1 Å². The van der Waals surface area contributed by atoms with Crippen LogP contribution in [-0.2, 0) is 19.4 Å². The average molecular weight is 284 g/mol. The van der Waals surface area contributed by atoms with Crippen LogP contribution in [0.1, 0.15) is 30.8 Å². The third-order valence-electron chi connectivity index (χ3n) is 3.78. The largest absolute Gasteiger partial charge is 0.331 e. The maximum absolute atomic E-state index is 4.71. The van der Waals surface area contributed by atoms with Crippen LogP contribution in [0.2, 0.25) is 0 Å². The molecule has 0 saturated carbocycles. The van der Waals surface area contributed by atoms with Crippen molar-refractivity contribution >= 4 is 15.9 Å². The van der Waals surface area contributed by atoms with Gasteiger partial charge < -0.3 is 9.88 Å². The number of nitrogens with zero attached hydrogens (tertiary/aromatic N) is 2. The van der Waals surface area contributed by atoms with Gasteiger partial charge in [0.15, 0.2) is 0 Å². The lowest BCUT2D eigenvalue weighted by Crippen LogP contribution is -2.17. The van der Waals surface area contributed by atoms with E-state index < -0.39 is 0 Å². The summed E-state index contributed by atoms with van der Waals surface area (Å²) in [6.07, 6.45) is 6.27. The van der Waals surface area contributed by atoms with E-state index in [0.29, 0.717) is 0 Å². The summed E-state index contributed by atoms with van der Waals surface area (Å²) in [6.45, 7) is 3.52. The van der Waals surface area contributed by atoms with E-state index in [2.05, 4.69) is 25.8 Å². The topological polar surface area (TPSA) is 29.9 Å². The van der Waals surface area contributed by atoms with Gasteiger partial charge in [0.05, 0.1) is 5.69 Å². The van der Waals surface area contributed by atoms with Crippen LogP contribution in [0.15, 0.2) is 4.60 Å². The molecule has 1 fully saturated rings. The van der Waals surface area contributed by atoms with Crippen molar-refractivity contribution in [1.82, 2.24) is 14.9 Å². The highest BCUT2D eigenvalue weighted by Gasteiger charge is 2.22. The minimum atomic E-state index is 0.792. The highest BCUT2D eigenvalue weighted by Crippen LogP contribution is 2.26. The zero-order valence-electron chi connectivity index (χ0n) is 9.51. The molecule has 3 heterocycles. The number of aromatic nitrogens is 2. The first-order chi connectivity index (χ1) is 7.84. The molecule has 0 aromatic carbocycles. The molecule has 0 radical (unpaired) electrons. The lowest BCUT2D eigenvalue weighted by molar-refractivity contribution is 0.483. The van der Waals surface area contributed by atoms with Crippen molar-refractivity contribution in [2.45, 2.75) is 38.6 Å². The number of imidazole rings is 1. The van der Waals surface area contributed by atoms with Gasteiger partial charge in [-0.05, 0) is 60.6 Å². The monoisotopic (exact) mass is 283 g/mol. The first-order valence-corrected chi connectivity index (χ1v) is 7.08. The smallest absolute Gasteiger partial charge is 0.127 e. The van der Waals surface area contributed by atoms with Crippen molar-refractivity contribution in [3.8, 4) is 0 Å². The molecule has 0 spiro atoms. The molecule has 16 heavy (non-hydrogen) atoms. The van der Waals surface area contributed by atoms with E-state index in [4.69, 9.17) is 4.98 Å². The van der Waals surface area contributed by atoms with Gasteiger partial charge in [0.25, 0.3) is 0 Å². The van der Waals surface area contributed by atoms with Crippen LogP contribution in [0.25, 0.3) is 0 Å². The maximum atomic E-state index is 4.71. The first-order valence-electron chi connectivity index (χ1n) is 6.29. The summed E-state index contributed by atoms with van der Waals surface area (Å²) >= 11 is 3.60. The van der Waals surface area contributed by atoms with E-state index in [1.807, 2.05) is 0 Å². The number of halogens is 1. The standard InChI is InChI=1S/C12H18BrN3/c13-12-10-3-1-2-6-16(10)11(15-12)7-9-4-5-14-8-9/h9,14H,1-8H2. The van der Waals surface area contributed by atoms with Crippen LogP contribution in [0.5, 0.6) is 0 Å². The Morgan fingerprint density at radius 2 is 2.38 bits per heavy atom. The number of hydrogen-bond acceptors (Lipinski definition) is 2. The van der Waals surface area contributed by atoms with Crippen molar-refractivity contribution < 1.29 is 0 Å². The molecule has 1 saturated heterocycles. The van der Waals surface area contributed by atoms with Crippen LogP contribution < -0.4 is 5.32 Å². The van der Waals surface area contributed by atoms with Crippen LogP contribution in [-0.4, -0.2) is 22.6 Å². The zero-order chi connectivity index (χ0) is 11.0. The Bertz CT molecular complexity index is 380. The maximum Gasteiger partial charge on any atom is 0.127 e. The molecule has 3 rings (SSSR count). The van der Waals surface area contributed by atoms with Gasteiger partial charge in [-0.25, -0.2) is 4.98 Å². The van der Waals surface area contributed by atoms with Gasteiger partial charge in [0, 0.05) is 13.0 Å². The van der Waals surface area contributed by atoms with Gasteiger partial charge in [-0.15, -0.1) is 0 Å². The highest BCUT2D eigenvalue weighted by atomic mass is 79.9. The molecule has 0 bridgehead atoms. The van der Waals surface area contributed by atoms with Crippen molar-refractivity contribution in [3.63, 3.8) is 0 Å². The van der Waals surface area contributed by atoms with Gasteiger partial charge in [-0.2, -0.15) is 0 Å². The molecule has 1 N–H and O–H groups in total. The zero-order valence-corrected chi connectivity index (χ0v) is 11.1. The molecule has 0 aliphatic carbocycles. The third kappa shape index (κ3) is 1.93. The van der Waals surface area contributed by atoms with Crippen molar-refractivity contribution in [3.05, 3.63) is 16.1 Å². The minimum absolute atomic E-state index is 0.792. The fourth-order valence-electron chi connectivity index (χ4n) is 2.87. The molecule has 2 aliphatic rings. The number of hydrogen-bond donors (Lipinski definition) is 1. The van der Waals surface area contributed by atoms with E-state index >= 15 is 0 Å². The fraction of sp³-hybridized carbons (Fsp3) is 0.750. The summed E-state index contributed by atoms with van der Waals surface area (Å²) in [6, 6.07) is 0. The third-order valence-corrected chi connectivity index (χ3v) is 4.42. The van der Waals surface area contributed by atoms with E-state index in [9.17, 15) is 0 Å². The second-order valence-corrected chi connectivity index (χ2v) is 5.69. The Kier molecular flexibility index (Phi) is 3.03. The molecule has 1 aromatic rings. The summed E-state index contributed by atoms with van der Waals surface area (Å²) in [5, 5.41) is 3.43. The summed E-state index contributed by atoms with van der Waals surface area (Å²) in [4.78, 5) is 4.71. The lowest BCUT2D eigenvalue weighted by atomic mass is 10.0. The molecule has 88 valence electrons. The molecule has 1 unspecified atom stereocenters. The van der Waals surface area contributed by atoms with E-state index in [1.54, 1.807) is 0 Å². The molecular weight excluding hydrogens is 266 g/mol. The molecular formula is C12H18BrN3. The van der Waals surface area contributed by atoms with Gasteiger partial charge in [0.2, 0.25) is 0 Å². The lowest BCUT2D eigenvalue weighted by Gasteiger charge is -2.17. The second-order valence-electron chi connectivity index (χ2n) is 4.94. The number of rotatable bonds is 2. The number of nitrogens with one attached hydrogen (secondary N) is 1. The van der Waals surface area contributed by atoms with Crippen LogP contribution in [0, 0.1) is 5.92 Å². The van der Waals surface area contributed by atoms with E-state index in [-0.39, 0.29) is 0 Å². The normalized spacial score (nSPS) is 24.7. The molecule has 1 atom stereocenters. The van der Waals surface area contributed by atoms with Crippen molar-refractivity contribution in [2.24, 2.45) is 5.92 Å². The number of fused-ring (bicyclic) bond motifs is 1. The molecule has 3 nitrogen and oxygen atoms in total. The highest BCUT2D eigenvalue weighted by molar-refractivity contribution is 9.10. The van der Waals surface area contributed by atoms with Gasteiger partial charge in [0.1, 0.15) is 10.4 Å². The minimum Gasteiger partial charge on any atom is -0.331 e. The average Bonchev–Trinajstić information content (AvgIpc) is 2.90. The Balaban J connectivity index is 1.83.